The van der Waals surface area contributed by atoms with Crippen LogP contribution in [0.4, 0.5) is 4.39 Å². The lowest BCUT2D eigenvalue weighted by molar-refractivity contribution is -0.126. The summed E-state index contributed by atoms with van der Waals surface area (Å²) in [6, 6.07) is 21.4. The molecule has 2 amide bonds. The SMILES string of the molecule is O=C(NCc1ccc2c(c1)OCO2)[C@@H]1C[C@H](c2ccccc2)CN(C(=O)c2ccccc2F)C1. The predicted octanol–water partition coefficient (Wildman–Crippen LogP) is 4.12. The van der Waals surface area contributed by atoms with E-state index in [0.29, 0.717) is 31.0 Å². The Morgan fingerprint density at radius 1 is 0.941 bits per heavy atom. The number of carbonyl (C=O) groups is 2. The minimum atomic E-state index is -0.557. The van der Waals surface area contributed by atoms with Gasteiger partial charge in [-0.05, 0) is 41.8 Å². The van der Waals surface area contributed by atoms with Gasteiger partial charge >= 0.3 is 0 Å². The summed E-state index contributed by atoms with van der Waals surface area (Å²) in [5, 5.41) is 3.00. The number of nitrogens with one attached hydrogen (secondary N) is 1. The number of ether oxygens (including phenoxy) is 2. The summed E-state index contributed by atoms with van der Waals surface area (Å²) in [5.74, 6) is -0.170. The lowest BCUT2D eigenvalue weighted by atomic mass is 9.83. The maximum atomic E-state index is 14.3. The third kappa shape index (κ3) is 4.59. The van der Waals surface area contributed by atoms with Gasteiger partial charge in [0.05, 0.1) is 11.5 Å². The average molecular weight is 461 g/mol. The second-order valence-corrected chi connectivity index (χ2v) is 8.64. The summed E-state index contributed by atoms with van der Waals surface area (Å²) in [4.78, 5) is 28.0. The Bertz CT molecular complexity index is 1200. The minimum absolute atomic E-state index is 0.0213. The number of rotatable bonds is 5. The van der Waals surface area contributed by atoms with E-state index in [9.17, 15) is 14.0 Å². The molecule has 2 aliphatic heterocycles. The van der Waals surface area contributed by atoms with Crippen LogP contribution in [0.3, 0.4) is 0 Å². The van der Waals surface area contributed by atoms with Crippen molar-refractivity contribution in [2.24, 2.45) is 5.92 Å². The quantitative estimate of drug-likeness (QED) is 0.622. The predicted molar refractivity (Wildman–Crippen MR) is 124 cm³/mol. The molecule has 2 atom stereocenters. The standard InChI is InChI=1S/C27H25FN2O4/c28-23-9-5-4-8-22(23)27(32)30-15-20(19-6-2-1-3-7-19)13-21(16-30)26(31)29-14-18-10-11-24-25(12-18)34-17-33-24/h1-12,20-21H,13-17H2,(H,29,31)/t20-,21+/m0/s1. The van der Waals surface area contributed by atoms with Crippen LogP contribution in [-0.4, -0.2) is 36.6 Å². The molecule has 0 aliphatic carbocycles. The molecule has 0 saturated carbocycles. The number of likely N-dealkylation sites (tertiary alicyclic amines) is 1. The van der Waals surface area contributed by atoms with Gasteiger partial charge in [-0.15, -0.1) is 0 Å². The Labute approximate surface area is 197 Å². The van der Waals surface area contributed by atoms with Gasteiger partial charge in [0, 0.05) is 25.6 Å². The van der Waals surface area contributed by atoms with Crippen LogP contribution in [0, 0.1) is 11.7 Å². The van der Waals surface area contributed by atoms with Crippen LogP contribution < -0.4 is 14.8 Å². The fraction of sp³-hybridized carbons (Fsp3) is 0.259. The first-order valence-corrected chi connectivity index (χ1v) is 11.3. The average Bonchev–Trinajstić information content (AvgIpc) is 3.35. The molecule has 0 aromatic heterocycles. The number of amides is 2. The van der Waals surface area contributed by atoms with E-state index >= 15 is 0 Å². The molecule has 5 rings (SSSR count). The van der Waals surface area contributed by atoms with Gasteiger partial charge in [0.2, 0.25) is 12.7 Å². The molecule has 2 aliphatic rings. The molecule has 1 N–H and O–H groups in total. The smallest absolute Gasteiger partial charge is 0.256 e. The van der Waals surface area contributed by atoms with Crippen molar-refractivity contribution in [1.82, 2.24) is 10.2 Å². The summed E-state index contributed by atoms with van der Waals surface area (Å²) in [5.41, 5.74) is 1.98. The summed E-state index contributed by atoms with van der Waals surface area (Å²) < 4.78 is 25.1. The highest BCUT2D eigenvalue weighted by Crippen LogP contribution is 2.33. The van der Waals surface area contributed by atoms with E-state index in [1.807, 2.05) is 48.5 Å². The number of fused-ring (bicyclic) bond motifs is 1. The molecule has 0 unspecified atom stereocenters. The van der Waals surface area contributed by atoms with Crippen LogP contribution in [-0.2, 0) is 11.3 Å². The summed E-state index contributed by atoms with van der Waals surface area (Å²) in [6.07, 6.45) is 0.609. The van der Waals surface area contributed by atoms with E-state index in [-0.39, 0.29) is 30.7 Å². The largest absolute Gasteiger partial charge is 0.454 e. The van der Waals surface area contributed by atoms with Gasteiger partial charge in [-0.2, -0.15) is 0 Å². The Hall–Kier alpha value is -3.87. The molecule has 34 heavy (non-hydrogen) atoms. The second-order valence-electron chi connectivity index (χ2n) is 8.64. The number of carbonyl (C=O) groups excluding carboxylic acids is 2. The molecule has 1 saturated heterocycles. The van der Waals surface area contributed by atoms with Crippen LogP contribution >= 0.6 is 0 Å². The number of hydrogen-bond donors (Lipinski definition) is 1. The van der Waals surface area contributed by atoms with Crippen molar-refractivity contribution in [2.75, 3.05) is 19.9 Å². The fourth-order valence-corrected chi connectivity index (χ4v) is 4.61. The molecule has 3 aromatic rings. The normalized spacial score (nSPS) is 19.0. The monoisotopic (exact) mass is 460 g/mol. The fourth-order valence-electron chi connectivity index (χ4n) is 4.61. The third-order valence-electron chi connectivity index (χ3n) is 6.39. The van der Waals surface area contributed by atoms with Gasteiger partial charge in [0.15, 0.2) is 11.5 Å². The van der Waals surface area contributed by atoms with Crippen LogP contribution in [0.5, 0.6) is 11.5 Å². The van der Waals surface area contributed by atoms with E-state index in [2.05, 4.69) is 5.32 Å². The first-order valence-electron chi connectivity index (χ1n) is 11.3. The van der Waals surface area contributed by atoms with Crippen LogP contribution in [0.25, 0.3) is 0 Å². The van der Waals surface area contributed by atoms with Gasteiger partial charge in [0.25, 0.3) is 5.91 Å². The van der Waals surface area contributed by atoms with Crippen molar-refractivity contribution in [1.29, 1.82) is 0 Å². The van der Waals surface area contributed by atoms with Gasteiger partial charge in [-0.25, -0.2) is 4.39 Å². The highest BCUT2D eigenvalue weighted by molar-refractivity contribution is 5.95. The third-order valence-corrected chi connectivity index (χ3v) is 6.39. The van der Waals surface area contributed by atoms with Gasteiger partial charge < -0.3 is 19.7 Å². The number of benzene rings is 3. The Balaban J connectivity index is 1.33. The van der Waals surface area contributed by atoms with Gasteiger partial charge in [0.1, 0.15) is 5.82 Å². The number of hydrogen-bond acceptors (Lipinski definition) is 4. The molecule has 6 nitrogen and oxygen atoms in total. The zero-order valence-electron chi connectivity index (χ0n) is 18.6. The summed E-state index contributed by atoms with van der Waals surface area (Å²) in [6.45, 7) is 1.20. The van der Waals surface area contributed by atoms with E-state index in [1.54, 1.807) is 17.0 Å². The van der Waals surface area contributed by atoms with E-state index in [0.717, 1.165) is 11.1 Å². The first kappa shape index (κ1) is 21.9. The summed E-state index contributed by atoms with van der Waals surface area (Å²) >= 11 is 0. The number of nitrogens with zero attached hydrogens (tertiary/aromatic N) is 1. The van der Waals surface area contributed by atoms with Crippen LogP contribution in [0.2, 0.25) is 0 Å². The first-order chi connectivity index (χ1) is 16.6. The van der Waals surface area contributed by atoms with Crippen molar-refractivity contribution in [3.8, 4) is 11.5 Å². The van der Waals surface area contributed by atoms with Crippen molar-refractivity contribution < 1.29 is 23.5 Å². The molecule has 0 radical (unpaired) electrons. The van der Waals surface area contributed by atoms with Crippen LogP contribution in [0.15, 0.2) is 72.8 Å². The van der Waals surface area contributed by atoms with Gasteiger partial charge in [-0.1, -0.05) is 48.5 Å². The molecular formula is C27H25FN2O4. The maximum absolute atomic E-state index is 14.3. The number of piperidine rings is 1. The lowest BCUT2D eigenvalue weighted by Gasteiger charge is -2.37. The summed E-state index contributed by atoms with van der Waals surface area (Å²) in [7, 11) is 0. The molecule has 0 spiro atoms. The topological polar surface area (TPSA) is 67.9 Å². The zero-order chi connectivity index (χ0) is 23.5. The zero-order valence-corrected chi connectivity index (χ0v) is 18.6. The molecule has 174 valence electrons. The van der Waals surface area contributed by atoms with E-state index in [1.165, 1.54) is 12.1 Å². The van der Waals surface area contributed by atoms with Crippen molar-refractivity contribution in [3.05, 3.63) is 95.3 Å². The number of halogens is 1. The van der Waals surface area contributed by atoms with Gasteiger partial charge in [-0.3, -0.25) is 9.59 Å². The molecule has 3 aromatic carbocycles. The van der Waals surface area contributed by atoms with Crippen molar-refractivity contribution in [2.45, 2.75) is 18.9 Å². The Morgan fingerprint density at radius 2 is 1.71 bits per heavy atom. The van der Waals surface area contributed by atoms with E-state index < -0.39 is 17.6 Å². The molecule has 2 heterocycles. The molecule has 0 bridgehead atoms. The van der Waals surface area contributed by atoms with E-state index in [4.69, 9.17) is 9.47 Å². The lowest BCUT2D eigenvalue weighted by Crippen LogP contribution is -2.48. The Morgan fingerprint density at radius 3 is 2.53 bits per heavy atom. The van der Waals surface area contributed by atoms with Crippen LogP contribution in [0.1, 0.15) is 33.8 Å². The highest BCUT2D eigenvalue weighted by Gasteiger charge is 2.35. The molecular weight excluding hydrogens is 435 g/mol. The Kier molecular flexibility index (Phi) is 6.16. The van der Waals surface area contributed by atoms with Crippen molar-refractivity contribution >= 4 is 11.8 Å². The second kappa shape index (κ2) is 9.55. The molecule has 1 fully saturated rings. The molecule has 7 heteroatoms. The highest BCUT2D eigenvalue weighted by atomic mass is 19.1. The van der Waals surface area contributed by atoms with Crippen molar-refractivity contribution in [3.63, 3.8) is 0 Å². The minimum Gasteiger partial charge on any atom is -0.454 e. The maximum Gasteiger partial charge on any atom is 0.256 e.